The standard InChI is InChI=1S/C33H41N5O3/c1-37(2)18-5-21-41-28-10-6-24(7-11-28)23-38-19-16-26(17-20-38)34-33-31-22-29(40-4)14-15-30(31)32(35-36-33)25-8-12-27(39-3)13-9-25/h6-15,22,26H,5,16-21,23H2,1-4H3,(H,34,36). The van der Waals surface area contributed by atoms with Gasteiger partial charge in [0.15, 0.2) is 5.82 Å². The number of benzene rings is 3. The van der Waals surface area contributed by atoms with Crippen LogP contribution in [0.25, 0.3) is 22.0 Å². The van der Waals surface area contributed by atoms with Gasteiger partial charge in [-0.05, 0) is 93.5 Å². The van der Waals surface area contributed by atoms with Crippen LogP contribution < -0.4 is 19.5 Å². The van der Waals surface area contributed by atoms with Crippen molar-refractivity contribution in [3.8, 4) is 28.5 Å². The molecule has 8 nitrogen and oxygen atoms in total. The summed E-state index contributed by atoms with van der Waals surface area (Å²) in [5.41, 5.74) is 3.16. The fraction of sp³-hybridized carbons (Fsp3) is 0.394. The van der Waals surface area contributed by atoms with Crippen LogP contribution in [-0.4, -0.2) is 80.6 Å². The molecule has 3 aromatic carbocycles. The molecule has 8 heteroatoms. The van der Waals surface area contributed by atoms with Gasteiger partial charge in [0.05, 0.1) is 20.8 Å². The summed E-state index contributed by atoms with van der Waals surface area (Å²) in [7, 11) is 7.53. The van der Waals surface area contributed by atoms with Gasteiger partial charge in [-0.1, -0.05) is 12.1 Å². The normalized spacial score (nSPS) is 14.4. The van der Waals surface area contributed by atoms with Gasteiger partial charge >= 0.3 is 0 Å². The van der Waals surface area contributed by atoms with E-state index in [-0.39, 0.29) is 0 Å². The second kappa shape index (κ2) is 13.7. The predicted molar refractivity (Wildman–Crippen MR) is 165 cm³/mol. The minimum absolute atomic E-state index is 0.333. The molecule has 5 rings (SSSR count). The number of nitrogens with zero attached hydrogens (tertiary/aromatic N) is 4. The molecule has 41 heavy (non-hydrogen) atoms. The number of fused-ring (bicyclic) bond motifs is 1. The highest BCUT2D eigenvalue weighted by Crippen LogP contribution is 2.34. The molecule has 0 spiro atoms. The Morgan fingerprint density at radius 3 is 2.20 bits per heavy atom. The Morgan fingerprint density at radius 2 is 1.51 bits per heavy atom. The minimum atomic E-state index is 0.333. The van der Waals surface area contributed by atoms with E-state index in [0.29, 0.717) is 6.04 Å². The van der Waals surface area contributed by atoms with E-state index in [0.717, 1.165) is 97.1 Å². The van der Waals surface area contributed by atoms with Crippen molar-refractivity contribution in [2.24, 2.45) is 0 Å². The van der Waals surface area contributed by atoms with Crippen LogP contribution >= 0.6 is 0 Å². The Balaban J connectivity index is 1.20. The molecule has 0 bridgehead atoms. The lowest BCUT2D eigenvalue weighted by molar-refractivity contribution is 0.211. The molecule has 0 radical (unpaired) electrons. The Kier molecular flexibility index (Phi) is 9.54. The average Bonchev–Trinajstić information content (AvgIpc) is 3.01. The molecule has 1 saturated heterocycles. The summed E-state index contributed by atoms with van der Waals surface area (Å²) < 4.78 is 16.8. The predicted octanol–water partition coefficient (Wildman–Crippen LogP) is 5.72. The SMILES string of the molecule is COc1ccc(-c2nnc(NC3CCN(Cc4ccc(OCCCN(C)C)cc4)CC3)c3cc(OC)ccc23)cc1. The summed E-state index contributed by atoms with van der Waals surface area (Å²) in [5.74, 6) is 3.36. The lowest BCUT2D eigenvalue weighted by Gasteiger charge is -2.32. The number of anilines is 1. The molecule has 1 aromatic heterocycles. The van der Waals surface area contributed by atoms with Gasteiger partial charge in [0.1, 0.15) is 22.9 Å². The van der Waals surface area contributed by atoms with Gasteiger partial charge in [0.2, 0.25) is 0 Å². The Morgan fingerprint density at radius 1 is 0.829 bits per heavy atom. The molecule has 0 atom stereocenters. The number of hydrogen-bond acceptors (Lipinski definition) is 8. The second-order valence-corrected chi connectivity index (χ2v) is 10.9. The summed E-state index contributed by atoms with van der Waals surface area (Å²) >= 11 is 0. The van der Waals surface area contributed by atoms with Crippen LogP contribution in [0.3, 0.4) is 0 Å². The van der Waals surface area contributed by atoms with Crippen molar-refractivity contribution in [2.45, 2.75) is 31.8 Å². The molecule has 4 aromatic rings. The summed E-state index contributed by atoms with van der Waals surface area (Å²) in [4.78, 5) is 4.70. The molecule has 0 amide bonds. The van der Waals surface area contributed by atoms with E-state index >= 15 is 0 Å². The largest absolute Gasteiger partial charge is 0.497 e. The zero-order valence-electron chi connectivity index (χ0n) is 24.6. The van der Waals surface area contributed by atoms with Gasteiger partial charge in [-0.25, -0.2) is 0 Å². The maximum Gasteiger partial charge on any atom is 0.156 e. The summed E-state index contributed by atoms with van der Waals surface area (Å²) in [6.45, 7) is 4.78. The van der Waals surface area contributed by atoms with Crippen molar-refractivity contribution in [1.82, 2.24) is 20.0 Å². The molecular weight excluding hydrogens is 514 g/mol. The highest BCUT2D eigenvalue weighted by Gasteiger charge is 2.21. The Bertz CT molecular complexity index is 1400. The summed E-state index contributed by atoms with van der Waals surface area (Å²) in [5, 5.41) is 15.0. The van der Waals surface area contributed by atoms with Crippen molar-refractivity contribution in [2.75, 3.05) is 59.9 Å². The first-order valence-electron chi connectivity index (χ1n) is 14.4. The number of ether oxygens (including phenoxy) is 3. The van der Waals surface area contributed by atoms with Crippen LogP contribution in [0.1, 0.15) is 24.8 Å². The third-order valence-electron chi connectivity index (χ3n) is 7.63. The lowest BCUT2D eigenvalue weighted by atomic mass is 10.0. The zero-order chi connectivity index (χ0) is 28.6. The number of nitrogens with one attached hydrogen (secondary N) is 1. The molecule has 0 aliphatic carbocycles. The van der Waals surface area contributed by atoms with E-state index in [1.807, 2.05) is 36.4 Å². The molecular formula is C33H41N5O3. The number of aromatic nitrogens is 2. The van der Waals surface area contributed by atoms with Crippen LogP contribution in [0.5, 0.6) is 17.2 Å². The summed E-state index contributed by atoms with van der Waals surface area (Å²) in [6.07, 6.45) is 3.11. The summed E-state index contributed by atoms with van der Waals surface area (Å²) in [6, 6.07) is 22.9. The lowest BCUT2D eigenvalue weighted by Crippen LogP contribution is -2.38. The second-order valence-electron chi connectivity index (χ2n) is 10.9. The molecule has 2 heterocycles. The topological polar surface area (TPSA) is 72.0 Å². The molecule has 216 valence electrons. The molecule has 1 aliphatic heterocycles. The maximum absolute atomic E-state index is 5.89. The smallest absolute Gasteiger partial charge is 0.156 e. The van der Waals surface area contributed by atoms with Gasteiger partial charge < -0.3 is 24.4 Å². The molecule has 1 aliphatic rings. The van der Waals surface area contributed by atoms with Gasteiger partial charge in [0.25, 0.3) is 0 Å². The van der Waals surface area contributed by atoms with Gasteiger partial charge in [-0.15, -0.1) is 10.2 Å². The van der Waals surface area contributed by atoms with E-state index in [9.17, 15) is 0 Å². The highest BCUT2D eigenvalue weighted by molar-refractivity contribution is 6.00. The fourth-order valence-corrected chi connectivity index (χ4v) is 5.28. The monoisotopic (exact) mass is 555 g/mol. The van der Waals surface area contributed by atoms with Gasteiger partial charge in [0, 0.05) is 48.6 Å². The van der Waals surface area contributed by atoms with E-state index < -0.39 is 0 Å². The number of rotatable bonds is 12. The van der Waals surface area contributed by atoms with Crippen molar-refractivity contribution in [3.05, 3.63) is 72.3 Å². The van der Waals surface area contributed by atoms with E-state index in [1.165, 1.54) is 5.56 Å². The third-order valence-corrected chi connectivity index (χ3v) is 7.63. The Labute approximate surface area is 243 Å². The number of methoxy groups -OCH3 is 2. The van der Waals surface area contributed by atoms with Crippen molar-refractivity contribution >= 4 is 16.6 Å². The molecule has 1 fully saturated rings. The first-order valence-corrected chi connectivity index (χ1v) is 14.4. The van der Waals surface area contributed by atoms with E-state index in [2.05, 4.69) is 69.7 Å². The molecule has 0 unspecified atom stereocenters. The molecule has 1 N–H and O–H groups in total. The Hall–Kier alpha value is -3.88. The number of likely N-dealkylation sites (tertiary alicyclic amines) is 1. The highest BCUT2D eigenvalue weighted by atomic mass is 16.5. The van der Waals surface area contributed by atoms with Gasteiger partial charge in [-0.3, -0.25) is 4.90 Å². The third kappa shape index (κ3) is 7.45. The first-order chi connectivity index (χ1) is 20.0. The van der Waals surface area contributed by atoms with Crippen LogP contribution in [0.4, 0.5) is 5.82 Å². The fourth-order valence-electron chi connectivity index (χ4n) is 5.28. The zero-order valence-corrected chi connectivity index (χ0v) is 24.6. The van der Waals surface area contributed by atoms with E-state index in [4.69, 9.17) is 14.2 Å². The number of piperidine rings is 1. The van der Waals surface area contributed by atoms with Crippen LogP contribution in [0.15, 0.2) is 66.7 Å². The van der Waals surface area contributed by atoms with Crippen molar-refractivity contribution < 1.29 is 14.2 Å². The molecule has 0 saturated carbocycles. The van der Waals surface area contributed by atoms with Crippen LogP contribution in [-0.2, 0) is 6.54 Å². The van der Waals surface area contributed by atoms with Crippen molar-refractivity contribution in [3.63, 3.8) is 0 Å². The first kappa shape index (κ1) is 28.6. The minimum Gasteiger partial charge on any atom is -0.497 e. The van der Waals surface area contributed by atoms with Gasteiger partial charge in [-0.2, -0.15) is 0 Å². The maximum atomic E-state index is 5.89. The quantitative estimate of drug-likeness (QED) is 0.223. The van der Waals surface area contributed by atoms with Crippen molar-refractivity contribution in [1.29, 1.82) is 0 Å². The average molecular weight is 556 g/mol. The number of hydrogen-bond donors (Lipinski definition) is 1. The van der Waals surface area contributed by atoms with Crippen LogP contribution in [0, 0.1) is 0 Å². The van der Waals surface area contributed by atoms with E-state index in [1.54, 1.807) is 14.2 Å². The van der Waals surface area contributed by atoms with Crippen LogP contribution in [0.2, 0.25) is 0 Å².